The highest BCUT2D eigenvalue weighted by molar-refractivity contribution is 4.97. The zero-order valence-corrected chi connectivity index (χ0v) is 9.84. The molecule has 1 saturated carbocycles. The molecule has 84 valence electrons. The van der Waals surface area contributed by atoms with Crippen LogP contribution in [0.2, 0.25) is 0 Å². The van der Waals surface area contributed by atoms with Crippen molar-refractivity contribution in [3.63, 3.8) is 0 Å². The van der Waals surface area contributed by atoms with Crippen molar-refractivity contribution in [3.05, 3.63) is 0 Å². The van der Waals surface area contributed by atoms with E-state index in [4.69, 9.17) is 5.11 Å². The van der Waals surface area contributed by atoms with Crippen LogP contribution < -0.4 is 5.32 Å². The normalized spacial score (nSPS) is 21.2. The third kappa shape index (κ3) is 3.25. The van der Waals surface area contributed by atoms with Gasteiger partial charge in [-0.3, -0.25) is 0 Å². The second-order valence-electron chi connectivity index (χ2n) is 5.16. The topological polar surface area (TPSA) is 32.3 Å². The summed E-state index contributed by atoms with van der Waals surface area (Å²) in [4.78, 5) is 0. The Morgan fingerprint density at radius 2 is 1.93 bits per heavy atom. The van der Waals surface area contributed by atoms with Crippen LogP contribution in [0.25, 0.3) is 0 Å². The Kier molecular flexibility index (Phi) is 4.39. The van der Waals surface area contributed by atoms with E-state index in [-0.39, 0.29) is 0 Å². The Morgan fingerprint density at radius 1 is 1.29 bits per heavy atom. The molecule has 0 aromatic heterocycles. The summed E-state index contributed by atoms with van der Waals surface area (Å²) in [6, 6.07) is 0.554. The number of hydrogen-bond acceptors (Lipinski definition) is 2. The van der Waals surface area contributed by atoms with Gasteiger partial charge in [0.2, 0.25) is 0 Å². The van der Waals surface area contributed by atoms with Crippen LogP contribution in [-0.4, -0.2) is 24.3 Å². The molecular formula is C12H25NO. The maximum Gasteiger partial charge on any atom is 0.0431 e. The van der Waals surface area contributed by atoms with Gasteiger partial charge in [-0.25, -0.2) is 0 Å². The first-order chi connectivity index (χ1) is 6.60. The first-order valence-corrected chi connectivity index (χ1v) is 5.95. The molecule has 1 aliphatic rings. The molecule has 1 aliphatic carbocycles. The second-order valence-corrected chi connectivity index (χ2v) is 5.16. The summed E-state index contributed by atoms with van der Waals surface area (Å²) < 4.78 is 0. The molecule has 1 atom stereocenters. The highest BCUT2D eigenvalue weighted by atomic mass is 16.2. The van der Waals surface area contributed by atoms with E-state index in [0.717, 1.165) is 25.3 Å². The van der Waals surface area contributed by atoms with Gasteiger partial charge in [0.15, 0.2) is 0 Å². The summed E-state index contributed by atoms with van der Waals surface area (Å²) in [5.41, 5.74) is 0.605. The molecule has 0 radical (unpaired) electrons. The van der Waals surface area contributed by atoms with Gasteiger partial charge >= 0.3 is 0 Å². The predicted molar refractivity (Wildman–Crippen MR) is 60.3 cm³/mol. The second kappa shape index (κ2) is 5.13. The molecule has 0 saturated heterocycles. The largest absolute Gasteiger partial charge is 0.396 e. The van der Waals surface area contributed by atoms with Crippen molar-refractivity contribution >= 4 is 0 Å². The van der Waals surface area contributed by atoms with Crippen molar-refractivity contribution in [3.8, 4) is 0 Å². The number of hydrogen-bond donors (Lipinski definition) is 2. The van der Waals surface area contributed by atoms with Crippen LogP contribution in [-0.2, 0) is 0 Å². The van der Waals surface area contributed by atoms with Gasteiger partial charge in [-0.15, -0.1) is 0 Å². The molecule has 2 heteroatoms. The van der Waals surface area contributed by atoms with E-state index in [1.165, 1.54) is 12.8 Å². The zero-order chi connectivity index (χ0) is 10.6. The quantitative estimate of drug-likeness (QED) is 0.658. The van der Waals surface area contributed by atoms with E-state index in [1.54, 1.807) is 0 Å². The van der Waals surface area contributed by atoms with Gasteiger partial charge in [-0.2, -0.15) is 0 Å². The van der Waals surface area contributed by atoms with Gasteiger partial charge in [-0.05, 0) is 43.9 Å². The van der Waals surface area contributed by atoms with Crippen molar-refractivity contribution in [1.29, 1.82) is 0 Å². The van der Waals surface area contributed by atoms with E-state index < -0.39 is 0 Å². The number of nitrogens with one attached hydrogen (secondary N) is 1. The third-order valence-electron chi connectivity index (χ3n) is 3.71. The average molecular weight is 199 g/mol. The predicted octanol–water partition coefficient (Wildman–Crippen LogP) is 2.17. The molecule has 0 amide bonds. The number of aliphatic hydroxyl groups excluding tert-OH is 1. The molecule has 0 bridgehead atoms. The summed E-state index contributed by atoms with van der Waals surface area (Å²) in [5.74, 6) is 0.806. The smallest absolute Gasteiger partial charge is 0.0431 e. The summed E-state index contributed by atoms with van der Waals surface area (Å²) in [6.07, 6.45) is 4.79. The fraction of sp³-hybridized carbons (Fsp3) is 1.00. The van der Waals surface area contributed by atoms with Crippen LogP contribution in [0.15, 0.2) is 0 Å². The van der Waals surface area contributed by atoms with Crippen molar-refractivity contribution in [2.75, 3.05) is 13.2 Å². The van der Waals surface area contributed by atoms with Crippen LogP contribution in [0.1, 0.15) is 46.5 Å². The summed E-state index contributed by atoms with van der Waals surface area (Å²) in [6.45, 7) is 8.35. The van der Waals surface area contributed by atoms with E-state index in [9.17, 15) is 0 Å². The van der Waals surface area contributed by atoms with Gasteiger partial charge in [0.25, 0.3) is 0 Å². The van der Waals surface area contributed by atoms with Crippen LogP contribution in [0.5, 0.6) is 0 Å². The van der Waals surface area contributed by atoms with Gasteiger partial charge < -0.3 is 10.4 Å². The first-order valence-electron chi connectivity index (χ1n) is 5.95. The van der Waals surface area contributed by atoms with Gasteiger partial charge in [0, 0.05) is 19.2 Å². The lowest BCUT2D eigenvalue weighted by atomic mass is 9.92. The summed E-state index contributed by atoms with van der Waals surface area (Å²) in [5, 5.41) is 12.3. The highest BCUT2D eigenvalue weighted by Gasteiger charge is 2.44. The average Bonchev–Trinajstić information content (AvgIpc) is 2.92. The van der Waals surface area contributed by atoms with E-state index >= 15 is 0 Å². The molecular weight excluding hydrogens is 174 g/mol. The summed E-state index contributed by atoms with van der Waals surface area (Å²) >= 11 is 0. The molecule has 0 aliphatic heterocycles. The SMILES string of the molecule is CC(CCCO)NCC1(C(C)C)CC1. The Balaban J connectivity index is 2.13. The van der Waals surface area contributed by atoms with E-state index in [0.29, 0.717) is 18.1 Å². The van der Waals surface area contributed by atoms with Gasteiger partial charge in [-0.1, -0.05) is 13.8 Å². The molecule has 1 unspecified atom stereocenters. The van der Waals surface area contributed by atoms with E-state index in [2.05, 4.69) is 26.1 Å². The van der Waals surface area contributed by atoms with Crippen molar-refractivity contribution in [2.24, 2.45) is 11.3 Å². The van der Waals surface area contributed by atoms with Crippen molar-refractivity contribution in [1.82, 2.24) is 5.32 Å². The number of rotatable bonds is 7. The van der Waals surface area contributed by atoms with Crippen LogP contribution >= 0.6 is 0 Å². The Morgan fingerprint density at radius 3 is 2.36 bits per heavy atom. The molecule has 14 heavy (non-hydrogen) atoms. The lowest BCUT2D eigenvalue weighted by molar-refractivity contribution is 0.269. The molecule has 0 spiro atoms. The van der Waals surface area contributed by atoms with Crippen molar-refractivity contribution in [2.45, 2.75) is 52.5 Å². The molecule has 0 heterocycles. The molecule has 2 nitrogen and oxygen atoms in total. The Bertz CT molecular complexity index is 164. The maximum atomic E-state index is 8.72. The standard InChI is InChI=1S/C12H25NO/c1-10(2)12(6-7-12)9-13-11(3)5-4-8-14/h10-11,13-14H,4-9H2,1-3H3. The maximum absolute atomic E-state index is 8.72. The Labute approximate surface area is 88.1 Å². The minimum Gasteiger partial charge on any atom is -0.396 e. The fourth-order valence-electron chi connectivity index (χ4n) is 2.00. The molecule has 0 aromatic carbocycles. The minimum atomic E-state index is 0.321. The number of aliphatic hydroxyl groups is 1. The third-order valence-corrected chi connectivity index (χ3v) is 3.71. The molecule has 1 rings (SSSR count). The fourth-order valence-corrected chi connectivity index (χ4v) is 2.00. The zero-order valence-electron chi connectivity index (χ0n) is 9.84. The Hall–Kier alpha value is -0.0800. The van der Waals surface area contributed by atoms with Gasteiger partial charge in [0.05, 0.1) is 0 Å². The minimum absolute atomic E-state index is 0.321. The first kappa shape index (κ1) is 12.0. The molecule has 1 fully saturated rings. The lowest BCUT2D eigenvalue weighted by Crippen LogP contribution is -2.34. The highest BCUT2D eigenvalue weighted by Crippen LogP contribution is 2.51. The van der Waals surface area contributed by atoms with Crippen molar-refractivity contribution < 1.29 is 5.11 Å². The molecule has 0 aromatic rings. The van der Waals surface area contributed by atoms with Crippen LogP contribution in [0.3, 0.4) is 0 Å². The van der Waals surface area contributed by atoms with E-state index in [1.807, 2.05) is 0 Å². The van der Waals surface area contributed by atoms with Crippen LogP contribution in [0.4, 0.5) is 0 Å². The van der Waals surface area contributed by atoms with Crippen LogP contribution in [0, 0.1) is 11.3 Å². The molecule has 2 N–H and O–H groups in total. The lowest BCUT2D eigenvalue weighted by Gasteiger charge is -2.23. The summed E-state index contributed by atoms with van der Waals surface area (Å²) in [7, 11) is 0. The van der Waals surface area contributed by atoms with Gasteiger partial charge in [0.1, 0.15) is 0 Å². The monoisotopic (exact) mass is 199 g/mol.